The van der Waals surface area contributed by atoms with Crippen LogP contribution in [-0.4, -0.2) is 45.7 Å². The second kappa shape index (κ2) is 9.20. The number of amides is 2. The molecule has 25 heavy (non-hydrogen) atoms. The second-order valence-electron chi connectivity index (χ2n) is 6.14. The molecule has 6 nitrogen and oxygen atoms in total. The molecule has 6 heteroatoms. The topological polar surface area (TPSA) is 66.7 Å². The molecule has 0 aliphatic heterocycles. The minimum atomic E-state index is -0.244. The van der Waals surface area contributed by atoms with Gasteiger partial charge in [-0.1, -0.05) is 33.3 Å². The zero-order valence-electron chi connectivity index (χ0n) is 15.4. The highest BCUT2D eigenvalue weighted by atomic mass is 16.2. The third kappa shape index (κ3) is 4.38. The van der Waals surface area contributed by atoms with Crippen molar-refractivity contribution in [3.63, 3.8) is 0 Å². The number of aromatic nitrogens is 2. The molecule has 0 fully saturated rings. The quantitative estimate of drug-likeness (QED) is 0.711. The van der Waals surface area contributed by atoms with E-state index in [0.717, 1.165) is 25.7 Å². The van der Waals surface area contributed by atoms with Crippen LogP contribution in [0.3, 0.4) is 0 Å². The van der Waals surface area contributed by atoms with E-state index < -0.39 is 0 Å². The smallest absolute Gasteiger partial charge is 0.287 e. The summed E-state index contributed by atoms with van der Waals surface area (Å²) in [7, 11) is 0. The summed E-state index contributed by atoms with van der Waals surface area (Å²) in [5.41, 5.74) is 1.02. The zero-order chi connectivity index (χ0) is 18.2. The van der Waals surface area contributed by atoms with E-state index in [1.54, 1.807) is 10.6 Å². The zero-order valence-corrected chi connectivity index (χ0v) is 15.4. The lowest BCUT2D eigenvalue weighted by molar-refractivity contribution is 0.0752. The van der Waals surface area contributed by atoms with Crippen molar-refractivity contribution in [3.8, 4) is 0 Å². The van der Waals surface area contributed by atoms with Crippen molar-refractivity contribution in [2.24, 2.45) is 0 Å². The number of rotatable bonds is 9. The van der Waals surface area contributed by atoms with E-state index in [-0.39, 0.29) is 17.6 Å². The molecule has 0 saturated carbocycles. The molecule has 1 N–H and O–H groups in total. The number of carbonyl (C=O) groups is 2. The third-order valence-corrected chi connectivity index (χ3v) is 4.04. The molecule has 2 rings (SSSR count). The molecule has 0 aliphatic carbocycles. The maximum Gasteiger partial charge on any atom is 0.287 e. The van der Waals surface area contributed by atoms with Gasteiger partial charge >= 0.3 is 0 Å². The first-order valence-electron chi connectivity index (χ1n) is 9.18. The van der Waals surface area contributed by atoms with Crippen LogP contribution in [0.2, 0.25) is 0 Å². The molecule has 2 aromatic heterocycles. The van der Waals surface area contributed by atoms with E-state index in [1.807, 2.05) is 36.9 Å². The van der Waals surface area contributed by atoms with E-state index in [0.29, 0.717) is 30.8 Å². The van der Waals surface area contributed by atoms with Gasteiger partial charge in [-0.25, -0.2) is 4.98 Å². The summed E-state index contributed by atoms with van der Waals surface area (Å²) in [4.78, 5) is 31.7. The third-order valence-electron chi connectivity index (χ3n) is 4.04. The molecule has 0 spiro atoms. The van der Waals surface area contributed by atoms with Crippen molar-refractivity contribution in [3.05, 3.63) is 35.9 Å². The van der Waals surface area contributed by atoms with Crippen LogP contribution in [-0.2, 0) is 0 Å². The average molecular weight is 344 g/mol. The molecular weight excluding hydrogens is 316 g/mol. The fraction of sp³-hybridized carbons (Fsp3) is 0.526. The molecule has 0 saturated heterocycles. The highest BCUT2D eigenvalue weighted by molar-refractivity contribution is 6.02. The van der Waals surface area contributed by atoms with Crippen LogP contribution in [0.15, 0.2) is 24.4 Å². The Labute approximate surface area is 149 Å². The van der Waals surface area contributed by atoms with E-state index in [4.69, 9.17) is 0 Å². The van der Waals surface area contributed by atoms with Crippen LogP contribution in [0.1, 0.15) is 67.6 Å². The minimum Gasteiger partial charge on any atom is -0.349 e. The van der Waals surface area contributed by atoms with Crippen LogP contribution in [0, 0.1) is 0 Å². The summed E-state index contributed by atoms with van der Waals surface area (Å²) in [5.74, 6) is -0.0887. The van der Waals surface area contributed by atoms with Crippen LogP contribution in [0.25, 0.3) is 5.52 Å². The number of nitrogens with one attached hydrogen (secondary N) is 1. The molecule has 0 radical (unpaired) electrons. The standard InChI is InChI=1S/C19H28N4O2/c1-4-7-11-20-18(24)17-21-16(15-10-8-9-14-23(15)17)19(25)22(12-5-2)13-6-3/h8-10,14H,4-7,11-13H2,1-3H3,(H,20,24). The van der Waals surface area contributed by atoms with Gasteiger partial charge in [0.2, 0.25) is 5.82 Å². The lowest BCUT2D eigenvalue weighted by Gasteiger charge is -2.20. The Morgan fingerprint density at radius 2 is 1.84 bits per heavy atom. The number of hydrogen-bond donors (Lipinski definition) is 1. The summed E-state index contributed by atoms with van der Waals surface area (Å²) in [6, 6.07) is 5.53. The Hall–Kier alpha value is -2.37. The predicted molar refractivity (Wildman–Crippen MR) is 98.9 cm³/mol. The number of nitrogens with zero attached hydrogens (tertiary/aromatic N) is 3. The fourth-order valence-corrected chi connectivity index (χ4v) is 2.82. The maximum absolute atomic E-state index is 13.0. The highest BCUT2D eigenvalue weighted by Gasteiger charge is 2.24. The molecule has 0 aliphatic rings. The van der Waals surface area contributed by atoms with Crippen molar-refractivity contribution in [2.45, 2.75) is 46.5 Å². The highest BCUT2D eigenvalue weighted by Crippen LogP contribution is 2.16. The van der Waals surface area contributed by atoms with Gasteiger partial charge in [-0.2, -0.15) is 0 Å². The Morgan fingerprint density at radius 3 is 2.48 bits per heavy atom. The van der Waals surface area contributed by atoms with E-state index in [1.165, 1.54) is 0 Å². The van der Waals surface area contributed by atoms with Gasteiger partial charge in [-0.15, -0.1) is 0 Å². The lowest BCUT2D eigenvalue weighted by atomic mass is 10.2. The predicted octanol–water partition coefficient (Wildman–Crippen LogP) is 3.13. The van der Waals surface area contributed by atoms with Gasteiger partial charge in [0.15, 0.2) is 5.69 Å². The minimum absolute atomic E-state index is 0.111. The molecular formula is C19H28N4O2. The average Bonchev–Trinajstić information content (AvgIpc) is 3.01. The molecule has 2 heterocycles. The van der Waals surface area contributed by atoms with E-state index in [9.17, 15) is 9.59 Å². The van der Waals surface area contributed by atoms with Crippen molar-refractivity contribution < 1.29 is 9.59 Å². The van der Waals surface area contributed by atoms with Gasteiger partial charge in [0, 0.05) is 25.8 Å². The van der Waals surface area contributed by atoms with E-state index in [2.05, 4.69) is 17.2 Å². The van der Waals surface area contributed by atoms with Crippen LogP contribution < -0.4 is 5.32 Å². The number of fused-ring (bicyclic) bond motifs is 1. The van der Waals surface area contributed by atoms with Crippen LogP contribution in [0.5, 0.6) is 0 Å². The molecule has 0 aromatic carbocycles. The van der Waals surface area contributed by atoms with Crippen molar-refractivity contribution in [2.75, 3.05) is 19.6 Å². The SMILES string of the molecule is CCCCNC(=O)c1nc(C(=O)N(CCC)CCC)c2ccccn12. The van der Waals surface area contributed by atoms with Gasteiger partial charge in [-0.05, 0) is 31.4 Å². The number of carbonyl (C=O) groups excluding carboxylic acids is 2. The summed E-state index contributed by atoms with van der Waals surface area (Å²) < 4.78 is 1.70. The van der Waals surface area contributed by atoms with Gasteiger partial charge in [-0.3, -0.25) is 14.0 Å². The van der Waals surface area contributed by atoms with Gasteiger partial charge < -0.3 is 10.2 Å². The van der Waals surface area contributed by atoms with Gasteiger partial charge in [0.1, 0.15) is 0 Å². The van der Waals surface area contributed by atoms with Crippen molar-refractivity contribution >= 4 is 17.3 Å². The summed E-state index contributed by atoms with van der Waals surface area (Å²) in [6.45, 7) is 8.16. The monoisotopic (exact) mass is 344 g/mol. The molecule has 136 valence electrons. The summed E-state index contributed by atoms with van der Waals surface area (Å²) >= 11 is 0. The second-order valence-corrected chi connectivity index (χ2v) is 6.14. The first-order valence-corrected chi connectivity index (χ1v) is 9.18. The first-order chi connectivity index (χ1) is 12.1. The number of unbranched alkanes of at least 4 members (excludes halogenated alkanes) is 1. The molecule has 0 unspecified atom stereocenters. The normalized spacial score (nSPS) is 10.8. The molecule has 0 bridgehead atoms. The van der Waals surface area contributed by atoms with E-state index >= 15 is 0 Å². The number of imidazole rings is 1. The van der Waals surface area contributed by atoms with Crippen molar-refractivity contribution in [1.82, 2.24) is 19.6 Å². The Kier molecular flexibility index (Phi) is 6.98. The Morgan fingerprint density at radius 1 is 1.12 bits per heavy atom. The molecule has 2 aromatic rings. The summed E-state index contributed by atoms with van der Waals surface area (Å²) in [6.07, 6.45) is 5.48. The molecule has 2 amide bonds. The van der Waals surface area contributed by atoms with Crippen molar-refractivity contribution in [1.29, 1.82) is 0 Å². The van der Waals surface area contributed by atoms with Gasteiger partial charge in [0.05, 0.1) is 5.52 Å². The Bertz CT molecular complexity index is 717. The Balaban J connectivity index is 2.37. The number of pyridine rings is 1. The summed E-state index contributed by atoms with van der Waals surface area (Å²) in [5, 5.41) is 2.88. The van der Waals surface area contributed by atoms with Crippen LogP contribution >= 0.6 is 0 Å². The maximum atomic E-state index is 13.0. The number of hydrogen-bond acceptors (Lipinski definition) is 3. The fourth-order valence-electron chi connectivity index (χ4n) is 2.82. The first kappa shape index (κ1) is 19.0. The van der Waals surface area contributed by atoms with Crippen LogP contribution in [0.4, 0.5) is 0 Å². The molecule has 0 atom stereocenters. The lowest BCUT2D eigenvalue weighted by Crippen LogP contribution is -2.33. The largest absolute Gasteiger partial charge is 0.349 e. The van der Waals surface area contributed by atoms with Gasteiger partial charge in [0.25, 0.3) is 11.8 Å².